The number of nitrogens with two attached hydrogens (primary N) is 1. The summed E-state index contributed by atoms with van der Waals surface area (Å²) in [6, 6.07) is 11.0. The topological polar surface area (TPSA) is 65.5 Å². The van der Waals surface area contributed by atoms with E-state index in [1.54, 1.807) is 0 Å². The van der Waals surface area contributed by atoms with Crippen LogP contribution >= 0.6 is 0 Å². The van der Waals surface area contributed by atoms with E-state index >= 15 is 0 Å². The van der Waals surface area contributed by atoms with Gasteiger partial charge in [0.15, 0.2) is 0 Å². The molecule has 28 heavy (non-hydrogen) atoms. The van der Waals surface area contributed by atoms with Crippen molar-refractivity contribution >= 4 is 22.7 Å². The molecule has 0 atom stereocenters. The van der Waals surface area contributed by atoms with Gasteiger partial charge in [-0.15, -0.1) is 13.2 Å². The molecular weight excluding hydrogens is 373 g/mol. The van der Waals surface area contributed by atoms with Gasteiger partial charge in [0.1, 0.15) is 18.1 Å². The van der Waals surface area contributed by atoms with Gasteiger partial charge in [-0.1, -0.05) is 0 Å². The molecule has 1 saturated heterocycles. The van der Waals surface area contributed by atoms with Crippen molar-refractivity contribution < 1.29 is 22.6 Å². The van der Waals surface area contributed by atoms with Gasteiger partial charge < -0.3 is 24.7 Å². The van der Waals surface area contributed by atoms with Crippen LogP contribution in [0.3, 0.4) is 0 Å². The third kappa shape index (κ3) is 3.92. The van der Waals surface area contributed by atoms with Crippen molar-refractivity contribution in [3.8, 4) is 11.5 Å². The summed E-state index contributed by atoms with van der Waals surface area (Å²) in [7, 11) is 0. The molecular formula is C19H19F3N4O2. The van der Waals surface area contributed by atoms with E-state index in [0.29, 0.717) is 24.6 Å². The van der Waals surface area contributed by atoms with Crippen LogP contribution in [0.5, 0.6) is 11.5 Å². The minimum absolute atomic E-state index is 0.280. The number of halogens is 3. The summed E-state index contributed by atoms with van der Waals surface area (Å²) in [6.45, 7) is 2.81. The maximum atomic E-state index is 12.2. The van der Waals surface area contributed by atoms with Crippen molar-refractivity contribution in [3.63, 3.8) is 0 Å². The fraction of sp³-hybridized carbons (Fsp3) is 0.316. The first-order valence-electron chi connectivity index (χ1n) is 8.88. The molecule has 4 rings (SSSR count). The van der Waals surface area contributed by atoms with Crippen LogP contribution < -0.4 is 20.1 Å². The van der Waals surface area contributed by atoms with E-state index in [-0.39, 0.29) is 5.75 Å². The standard InChI is InChI=1S/C19H19F3N4O2/c20-19(21,22)28-15-5-3-14(4-6-15)27-11-10-26-17-7-2-13(23)12-16(17)24-18(26)25-8-1-9-25/h2-7,12H,1,8-11,23H2. The van der Waals surface area contributed by atoms with Gasteiger partial charge >= 0.3 is 6.36 Å². The van der Waals surface area contributed by atoms with E-state index < -0.39 is 6.36 Å². The van der Waals surface area contributed by atoms with Crippen LogP contribution in [0.15, 0.2) is 42.5 Å². The highest BCUT2D eigenvalue weighted by molar-refractivity contribution is 5.82. The van der Waals surface area contributed by atoms with Gasteiger partial charge in [0.05, 0.1) is 17.6 Å². The monoisotopic (exact) mass is 392 g/mol. The molecule has 2 N–H and O–H groups in total. The summed E-state index contributed by atoms with van der Waals surface area (Å²) in [5.41, 5.74) is 8.32. The second-order valence-electron chi connectivity index (χ2n) is 6.52. The fourth-order valence-electron chi connectivity index (χ4n) is 3.10. The quantitative estimate of drug-likeness (QED) is 0.647. The van der Waals surface area contributed by atoms with Crippen LogP contribution in [0.1, 0.15) is 6.42 Å². The average molecular weight is 392 g/mol. The zero-order chi connectivity index (χ0) is 19.7. The Balaban J connectivity index is 1.45. The third-order valence-electron chi connectivity index (χ3n) is 4.53. The van der Waals surface area contributed by atoms with Gasteiger partial charge in [-0.25, -0.2) is 4.98 Å². The highest BCUT2D eigenvalue weighted by Crippen LogP contribution is 2.28. The molecule has 148 valence electrons. The number of alkyl halides is 3. The number of ether oxygens (including phenoxy) is 2. The summed E-state index contributed by atoms with van der Waals surface area (Å²) in [5.74, 6) is 1.07. The predicted molar refractivity (Wildman–Crippen MR) is 99.6 cm³/mol. The first-order chi connectivity index (χ1) is 13.4. The number of anilines is 2. The minimum Gasteiger partial charge on any atom is -0.492 e. The van der Waals surface area contributed by atoms with E-state index in [9.17, 15) is 13.2 Å². The highest BCUT2D eigenvalue weighted by atomic mass is 19.4. The lowest BCUT2D eigenvalue weighted by molar-refractivity contribution is -0.274. The molecule has 2 heterocycles. The average Bonchev–Trinajstić information content (AvgIpc) is 2.91. The fourth-order valence-corrected chi connectivity index (χ4v) is 3.10. The number of rotatable bonds is 6. The molecule has 1 fully saturated rings. The third-order valence-corrected chi connectivity index (χ3v) is 4.53. The van der Waals surface area contributed by atoms with E-state index in [0.717, 1.165) is 36.5 Å². The molecule has 0 amide bonds. The number of benzene rings is 2. The summed E-state index contributed by atoms with van der Waals surface area (Å²) in [5, 5.41) is 0. The Morgan fingerprint density at radius 2 is 1.75 bits per heavy atom. The molecule has 0 bridgehead atoms. The van der Waals surface area contributed by atoms with Crippen molar-refractivity contribution in [2.45, 2.75) is 19.3 Å². The number of fused-ring (bicyclic) bond motifs is 1. The minimum atomic E-state index is -4.71. The number of aromatic nitrogens is 2. The van der Waals surface area contributed by atoms with E-state index in [1.165, 1.54) is 24.3 Å². The molecule has 1 aliphatic heterocycles. The Morgan fingerprint density at radius 1 is 1.04 bits per heavy atom. The van der Waals surface area contributed by atoms with Gasteiger partial charge in [0.2, 0.25) is 5.95 Å². The molecule has 9 heteroatoms. The number of imidazole rings is 1. The maximum absolute atomic E-state index is 12.2. The van der Waals surface area contributed by atoms with Gasteiger partial charge in [-0.05, 0) is 48.9 Å². The SMILES string of the molecule is Nc1ccc2c(c1)nc(N1CCC1)n2CCOc1ccc(OC(F)(F)F)cc1. The number of hydrogen-bond acceptors (Lipinski definition) is 5. The molecule has 0 radical (unpaired) electrons. The number of nitrogen functional groups attached to an aromatic ring is 1. The second kappa shape index (κ2) is 7.14. The lowest BCUT2D eigenvalue weighted by Gasteiger charge is -2.32. The Morgan fingerprint density at radius 3 is 2.39 bits per heavy atom. The van der Waals surface area contributed by atoms with Crippen LogP contribution in [-0.2, 0) is 6.54 Å². The molecule has 0 spiro atoms. The zero-order valence-electron chi connectivity index (χ0n) is 14.9. The highest BCUT2D eigenvalue weighted by Gasteiger charge is 2.31. The largest absolute Gasteiger partial charge is 0.573 e. The van der Waals surface area contributed by atoms with Crippen molar-refractivity contribution in [1.29, 1.82) is 0 Å². The van der Waals surface area contributed by atoms with Crippen LogP contribution in [0, 0.1) is 0 Å². The van der Waals surface area contributed by atoms with Crippen molar-refractivity contribution in [3.05, 3.63) is 42.5 Å². The van der Waals surface area contributed by atoms with E-state index in [1.807, 2.05) is 18.2 Å². The summed E-state index contributed by atoms with van der Waals surface area (Å²) in [6.07, 6.45) is -3.57. The molecule has 0 aliphatic carbocycles. The Hall–Kier alpha value is -3.10. The predicted octanol–water partition coefficient (Wildman–Crippen LogP) is 3.81. The normalized spacial score (nSPS) is 14.2. The smallest absolute Gasteiger partial charge is 0.492 e. The van der Waals surface area contributed by atoms with Gasteiger partial charge in [-0.3, -0.25) is 0 Å². The van der Waals surface area contributed by atoms with Crippen molar-refractivity contribution in [2.75, 3.05) is 30.3 Å². The van der Waals surface area contributed by atoms with Gasteiger partial charge in [-0.2, -0.15) is 0 Å². The van der Waals surface area contributed by atoms with Gasteiger partial charge in [0.25, 0.3) is 0 Å². The van der Waals surface area contributed by atoms with E-state index in [2.05, 4.69) is 14.2 Å². The van der Waals surface area contributed by atoms with Crippen LogP contribution in [0.2, 0.25) is 0 Å². The molecule has 2 aromatic carbocycles. The maximum Gasteiger partial charge on any atom is 0.573 e. The first-order valence-corrected chi connectivity index (χ1v) is 8.88. The van der Waals surface area contributed by atoms with Gasteiger partial charge in [0, 0.05) is 18.8 Å². The Bertz CT molecular complexity index is 966. The number of hydrogen-bond donors (Lipinski definition) is 1. The van der Waals surface area contributed by atoms with E-state index in [4.69, 9.17) is 15.5 Å². The Labute approximate surface area is 159 Å². The van der Waals surface area contributed by atoms with Crippen molar-refractivity contribution in [1.82, 2.24) is 9.55 Å². The van der Waals surface area contributed by atoms with Crippen LogP contribution in [0.25, 0.3) is 11.0 Å². The summed E-state index contributed by atoms with van der Waals surface area (Å²) in [4.78, 5) is 6.89. The Kier molecular flexibility index (Phi) is 4.66. The van der Waals surface area contributed by atoms with Crippen LogP contribution in [0.4, 0.5) is 24.8 Å². The second-order valence-corrected chi connectivity index (χ2v) is 6.52. The van der Waals surface area contributed by atoms with Crippen molar-refractivity contribution in [2.24, 2.45) is 0 Å². The lowest BCUT2D eigenvalue weighted by atomic mass is 10.2. The molecule has 6 nitrogen and oxygen atoms in total. The molecule has 0 unspecified atom stereocenters. The molecule has 0 saturated carbocycles. The molecule has 1 aromatic heterocycles. The summed E-state index contributed by atoms with van der Waals surface area (Å²) < 4.78 is 48.3. The lowest BCUT2D eigenvalue weighted by Crippen LogP contribution is -2.39. The number of nitrogens with zero attached hydrogens (tertiary/aromatic N) is 3. The first kappa shape index (κ1) is 18.3. The molecule has 3 aromatic rings. The summed E-state index contributed by atoms with van der Waals surface area (Å²) >= 11 is 0. The zero-order valence-corrected chi connectivity index (χ0v) is 14.9. The molecule has 1 aliphatic rings. The van der Waals surface area contributed by atoms with Crippen LogP contribution in [-0.4, -0.2) is 35.6 Å².